The molecule has 5 heteroatoms. The van der Waals surface area contributed by atoms with Gasteiger partial charge in [-0.2, -0.15) is 0 Å². The van der Waals surface area contributed by atoms with Crippen molar-refractivity contribution in [3.8, 4) is 0 Å². The highest BCUT2D eigenvalue weighted by molar-refractivity contribution is 8.00. The Morgan fingerprint density at radius 3 is 2.57 bits per heavy atom. The standard InChI is InChI=1S/C16H17FN2OS/c1-11(12-6-8-13(17)9-7-12)19-14-4-2-3-5-15(14)21-10-16(18)20/h2-9,11,19H,10H2,1H3,(H2,18,20)/t11-/m1/s1. The molecule has 0 aliphatic carbocycles. The molecule has 0 saturated heterocycles. The van der Waals surface area contributed by atoms with Crippen LogP contribution in [0.1, 0.15) is 18.5 Å². The van der Waals surface area contributed by atoms with Crippen molar-refractivity contribution in [2.45, 2.75) is 17.9 Å². The number of rotatable bonds is 6. The van der Waals surface area contributed by atoms with Crippen LogP contribution in [0.5, 0.6) is 0 Å². The second-order valence-electron chi connectivity index (χ2n) is 4.67. The number of anilines is 1. The molecule has 0 aromatic heterocycles. The monoisotopic (exact) mass is 304 g/mol. The van der Waals surface area contributed by atoms with E-state index in [-0.39, 0.29) is 23.5 Å². The Morgan fingerprint density at radius 2 is 1.90 bits per heavy atom. The lowest BCUT2D eigenvalue weighted by atomic mass is 10.1. The van der Waals surface area contributed by atoms with Crippen LogP contribution >= 0.6 is 11.8 Å². The van der Waals surface area contributed by atoms with Gasteiger partial charge in [0, 0.05) is 16.6 Å². The molecule has 0 unspecified atom stereocenters. The molecule has 1 atom stereocenters. The van der Waals surface area contributed by atoms with Crippen molar-refractivity contribution in [3.63, 3.8) is 0 Å². The van der Waals surface area contributed by atoms with Gasteiger partial charge in [0.2, 0.25) is 5.91 Å². The van der Waals surface area contributed by atoms with Gasteiger partial charge >= 0.3 is 0 Å². The summed E-state index contributed by atoms with van der Waals surface area (Å²) in [6.45, 7) is 2.00. The number of benzene rings is 2. The van der Waals surface area contributed by atoms with Gasteiger partial charge in [-0.3, -0.25) is 4.79 Å². The van der Waals surface area contributed by atoms with E-state index in [1.807, 2.05) is 31.2 Å². The number of carbonyl (C=O) groups is 1. The highest BCUT2D eigenvalue weighted by Gasteiger charge is 2.09. The first-order valence-electron chi connectivity index (χ1n) is 6.58. The number of halogens is 1. The predicted octanol–water partition coefficient (Wildman–Crippen LogP) is 3.58. The smallest absolute Gasteiger partial charge is 0.227 e. The topological polar surface area (TPSA) is 55.1 Å². The fourth-order valence-corrected chi connectivity index (χ4v) is 2.68. The minimum atomic E-state index is -0.346. The quantitative estimate of drug-likeness (QED) is 0.802. The molecule has 0 aliphatic rings. The molecule has 0 fully saturated rings. The van der Waals surface area contributed by atoms with E-state index in [0.717, 1.165) is 16.1 Å². The Kier molecular flexibility index (Phi) is 5.22. The molecule has 0 heterocycles. The lowest BCUT2D eigenvalue weighted by Crippen LogP contribution is -2.13. The maximum absolute atomic E-state index is 12.9. The molecule has 2 rings (SSSR count). The Bertz CT molecular complexity index is 616. The predicted molar refractivity (Wildman–Crippen MR) is 84.8 cm³/mol. The molecule has 3 N–H and O–H groups in total. The number of hydrogen-bond acceptors (Lipinski definition) is 3. The van der Waals surface area contributed by atoms with E-state index in [9.17, 15) is 9.18 Å². The van der Waals surface area contributed by atoms with E-state index in [1.165, 1.54) is 23.9 Å². The van der Waals surface area contributed by atoms with E-state index in [4.69, 9.17) is 5.73 Å². The molecule has 0 radical (unpaired) electrons. The minimum Gasteiger partial charge on any atom is -0.378 e. The highest BCUT2D eigenvalue weighted by Crippen LogP contribution is 2.29. The van der Waals surface area contributed by atoms with Gasteiger partial charge in [0.1, 0.15) is 5.82 Å². The SMILES string of the molecule is C[C@@H](Nc1ccccc1SCC(N)=O)c1ccc(F)cc1. The second kappa shape index (κ2) is 7.13. The van der Waals surface area contributed by atoms with Gasteiger partial charge in [-0.1, -0.05) is 24.3 Å². The van der Waals surface area contributed by atoms with Gasteiger partial charge in [-0.25, -0.2) is 4.39 Å². The van der Waals surface area contributed by atoms with Gasteiger partial charge in [-0.15, -0.1) is 11.8 Å². The third-order valence-electron chi connectivity index (χ3n) is 3.00. The summed E-state index contributed by atoms with van der Waals surface area (Å²) in [6.07, 6.45) is 0. The molecule has 110 valence electrons. The molecule has 21 heavy (non-hydrogen) atoms. The molecule has 0 spiro atoms. The maximum Gasteiger partial charge on any atom is 0.227 e. The van der Waals surface area contributed by atoms with Crippen LogP contribution in [0.4, 0.5) is 10.1 Å². The van der Waals surface area contributed by atoms with Gasteiger partial charge in [0.05, 0.1) is 5.75 Å². The Balaban J connectivity index is 2.11. The largest absolute Gasteiger partial charge is 0.378 e. The van der Waals surface area contributed by atoms with Crippen molar-refractivity contribution < 1.29 is 9.18 Å². The molecule has 0 saturated carbocycles. The molecule has 0 aliphatic heterocycles. The van der Waals surface area contributed by atoms with Crippen molar-refractivity contribution in [2.24, 2.45) is 5.73 Å². The first kappa shape index (κ1) is 15.4. The van der Waals surface area contributed by atoms with Crippen LogP contribution in [0.15, 0.2) is 53.4 Å². The Morgan fingerprint density at radius 1 is 1.24 bits per heavy atom. The molecule has 1 amide bonds. The summed E-state index contributed by atoms with van der Waals surface area (Å²) in [7, 11) is 0. The van der Waals surface area contributed by atoms with E-state index < -0.39 is 0 Å². The van der Waals surface area contributed by atoms with Crippen molar-refractivity contribution in [2.75, 3.05) is 11.1 Å². The third kappa shape index (κ3) is 4.49. The summed E-state index contributed by atoms with van der Waals surface area (Å²) in [5.74, 6) is -0.353. The van der Waals surface area contributed by atoms with E-state index in [1.54, 1.807) is 12.1 Å². The highest BCUT2D eigenvalue weighted by atomic mass is 32.2. The number of carbonyl (C=O) groups excluding carboxylic acids is 1. The Hall–Kier alpha value is -2.01. The fourth-order valence-electron chi connectivity index (χ4n) is 1.93. The molecule has 3 nitrogen and oxygen atoms in total. The van der Waals surface area contributed by atoms with Crippen LogP contribution in [0.2, 0.25) is 0 Å². The molecule has 0 bridgehead atoms. The lowest BCUT2D eigenvalue weighted by molar-refractivity contribution is -0.115. The first-order valence-corrected chi connectivity index (χ1v) is 7.57. The average Bonchev–Trinajstić information content (AvgIpc) is 2.47. The Labute approximate surface area is 127 Å². The summed E-state index contributed by atoms with van der Waals surface area (Å²) in [6, 6.07) is 14.2. The summed E-state index contributed by atoms with van der Waals surface area (Å²) in [5, 5.41) is 3.37. The van der Waals surface area contributed by atoms with E-state index >= 15 is 0 Å². The number of hydrogen-bond donors (Lipinski definition) is 2. The van der Waals surface area contributed by atoms with Crippen molar-refractivity contribution in [1.82, 2.24) is 0 Å². The van der Waals surface area contributed by atoms with Crippen LogP contribution in [0.3, 0.4) is 0 Å². The normalized spacial score (nSPS) is 11.9. The lowest BCUT2D eigenvalue weighted by Gasteiger charge is -2.18. The van der Waals surface area contributed by atoms with Crippen LogP contribution in [0.25, 0.3) is 0 Å². The van der Waals surface area contributed by atoms with Crippen LogP contribution in [0, 0.1) is 5.82 Å². The number of nitrogens with one attached hydrogen (secondary N) is 1. The number of para-hydroxylation sites is 1. The average molecular weight is 304 g/mol. The third-order valence-corrected chi connectivity index (χ3v) is 4.09. The molecule has 2 aromatic carbocycles. The van der Waals surface area contributed by atoms with Crippen molar-refractivity contribution in [1.29, 1.82) is 0 Å². The zero-order valence-corrected chi connectivity index (χ0v) is 12.5. The zero-order chi connectivity index (χ0) is 15.2. The fraction of sp³-hybridized carbons (Fsp3) is 0.188. The number of thioether (sulfide) groups is 1. The summed E-state index contributed by atoms with van der Waals surface area (Å²) >= 11 is 1.40. The first-order chi connectivity index (χ1) is 10.1. The van der Waals surface area contributed by atoms with Gasteiger partial charge in [-0.05, 0) is 36.8 Å². The molecular formula is C16H17FN2OS. The zero-order valence-electron chi connectivity index (χ0n) is 11.7. The number of amides is 1. The molecular weight excluding hydrogens is 287 g/mol. The summed E-state index contributed by atoms with van der Waals surface area (Å²) in [4.78, 5) is 11.9. The second-order valence-corrected chi connectivity index (χ2v) is 5.69. The number of nitrogens with two attached hydrogens (primary N) is 1. The van der Waals surface area contributed by atoms with E-state index in [2.05, 4.69) is 5.32 Å². The van der Waals surface area contributed by atoms with Crippen molar-refractivity contribution >= 4 is 23.4 Å². The van der Waals surface area contributed by atoms with Crippen molar-refractivity contribution in [3.05, 3.63) is 59.9 Å². The van der Waals surface area contributed by atoms with Gasteiger partial charge in [0.25, 0.3) is 0 Å². The van der Waals surface area contributed by atoms with Crippen LogP contribution in [-0.4, -0.2) is 11.7 Å². The minimum absolute atomic E-state index is 0.0286. The van der Waals surface area contributed by atoms with Gasteiger partial charge < -0.3 is 11.1 Å². The number of primary amides is 1. The summed E-state index contributed by atoms with van der Waals surface area (Å²) < 4.78 is 12.9. The van der Waals surface area contributed by atoms with Crippen LogP contribution in [-0.2, 0) is 4.79 Å². The van der Waals surface area contributed by atoms with E-state index in [0.29, 0.717) is 0 Å². The van der Waals surface area contributed by atoms with Gasteiger partial charge in [0.15, 0.2) is 0 Å². The van der Waals surface area contributed by atoms with Crippen LogP contribution < -0.4 is 11.1 Å². The molecule has 2 aromatic rings. The summed E-state index contributed by atoms with van der Waals surface area (Å²) in [5.41, 5.74) is 7.10. The maximum atomic E-state index is 12.9.